The van der Waals surface area contributed by atoms with E-state index in [2.05, 4.69) is 50.8 Å². The molecule has 1 heterocycles. The van der Waals surface area contributed by atoms with E-state index in [4.69, 9.17) is 0 Å². The standard InChI is InChI=1S/C16H25NO/c1-12-9-15(6-5-13(12)11-18)17-8-7-14(10-17)16(2,3)4/h5-6,9,14,18H,7-8,10-11H2,1-4H3. The number of hydrogen-bond acceptors (Lipinski definition) is 2. The van der Waals surface area contributed by atoms with Gasteiger partial charge in [-0.25, -0.2) is 0 Å². The molecule has 1 aromatic carbocycles. The van der Waals surface area contributed by atoms with Crippen molar-refractivity contribution in [1.82, 2.24) is 0 Å². The fourth-order valence-electron chi connectivity index (χ4n) is 2.76. The van der Waals surface area contributed by atoms with E-state index in [0.717, 1.165) is 24.6 Å². The van der Waals surface area contributed by atoms with Crippen molar-refractivity contribution in [3.05, 3.63) is 29.3 Å². The molecule has 18 heavy (non-hydrogen) atoms. The van der Waals surface area contributed by atoms with Crippen LogP contribution in [0.5, 0.6) is 0 Å². The quantitative estimate of drug-likeness (QED) is 0.866. The zero-order chi connectivity index (χ0) is 13.3. The van der Waals surface area contributed by atoms with E-state index in [-0.39, 0.29) is 6.61 Å². The van der Waals surface area contributed by atoms with Gasteiger partial charge in [0.25, 0.3) is 0 Å². The maximum Gasteiger partial charge on any atom is 0.0684 e. The van der Waals surface area contributed by atoms with Gasteiger partial charge in [-0.15, -0.1) is 0 Å². The molecule has 2 nitrogen and oxygen atoms in total. The minimum absolute atomic E-state index is 0.136. The first kappa shape index (κ1) is 13.4. The SMILES string of the molecule is Cc1cc(N2CCC(C(C)(C)C)C2)ccc1CO. The number of nitrogens with zero attached hydrogens (tertiary/aromatic N) is 1. The van der Waals surface area contributed by atoms with Crippen molar-refractivity contribution in [2.45, 2.75) is 40.7 Å². The van der Waals surface area contributed by atoms with E-state index in [9.17, 15) is 5.11 Å². The lowest BCUT2D eigenvalue weighted by molar-refractivity contribution is 0.263. The van der Waals surface area contributed by atoms with Gasteiger partial charge in [-0.1, -0.05) is 26.8 Å². The molecule has 0 aromatic heterocycles. The van der Waals surface area contributed by atoms with Crippen LogP contribution in [0.4, 0.5) is 5.69 Å². The Morgan fingerprint density at radius 2 is 2.06 bits per heavy atom. The molecule has 2 rings (SSSR count). The topological polar surface area (TPSA) is 23.5 Å². The molecule has 1 saturated heterocycles. The van der Waals surface area contributed by atoms with E-state index in [1.165, 1.54) is 17.7 Å². The van der Waals surface area contributed by atoms with Crippen LogP contribution in [0.3, 0.4) is 0 Å². The number of benzene rings is 1. The third kappa shape index (κ3) is 2.69. The average molecular weight is 247 g/mol. The first-order valence-electron chi connectivity index (χ1n) is 6.87. The molecular weight excluding hydrogens is 222 g/mol. The van der Waals surface area contributed by atoms with Gasteiger partial charge >= 0.3 is 0 Å². The summed E-state index contributed by atoms with van der Waals surface area (Å²) in [6, 6.07) is 6.40. The summed E-state index contributed by atoms with van der Waals surface area (Å²) in [5, 5.41) is 9.21. The smallest absolute Gasteiger partial charge is 0.0684 e. The molecule has 0 amide bonds. The largest absolute Gasteiger partial charge is 0.392 e. The van der Waals surface area contributed by atoms with Crippen LogP contribution in [0, 0.1) is 18.3 Å². The van der Waals surface area contributed by atoms with E-state index in [0.29, 0.717) is 5.41 Å². The maximum absolute atomic E-state index is 9.21. The molecule has 1 aromatic rings. The summed E-state index contributed by atoms with van der Waals surface area (Å²) in [7, 11) is 0. The van der Waals surface area contributed by atoms with E-state index in [1.54, 1.807) is 0 Å². The first-order chi connectivity index (χ1) is 8.41. The van der Waals surface area contributed by atoms with Crippen molar-refractivity contribution in [3.63, 3.8) is 0 Å². The van der Waals surface area contributed by atoms with Gasteiger partial charge in [-0.2, -0.15) is 0 Å². The van der Waals surface area contributed by atoms with Gasteiger partial charge in [0.2, 0.25) is 0 Å². The fraction of sp³-hybridized carbons (Fsp3) is 0.625. The predicted octanol–water partition coefficient (Wildman–Crippen LogP) is 3.36. The Morgan fingerprint density at radius 3 is 2.56 bits per heavy atom. The summed E-state index contributed by atoms with van der Waals surface area (Å²) in [4.78, 5) is 2.48. The van der Waals surface area contributed by atoms with Crippen LogP contribution in [0.15, 0.2) is 18.2 Å². The lowest BCUT2D eigenvalue weighted by atomic mass is 9.80. The van der Waals surface area contributed by atoms with Gasteiger partial charge in [-0.05, 0) is 47.9 Å². The summed E-state index contributed by atoms with van der Waals surface area (Å²) in [5.74, 6) is 0.773. The number of aliphatic hydroxyl groups excluding tert-OH is 1. The number of anilines is 1. The molecule has 100 valence electrons. The average Bonchev–Trinajstić information content (AvgIpc) is 2.77. The highest BCUT2D eigenvalue weighted by atomic mass is 16.3. The highest BCUT2D eigenvalue weighted by Gasteiger charge is 2.31. The predicted molar refractivity (Wildman–Crippen MR) is 76.9 cm³/mol. The van der Waals surface area contributed by atoms with E-state index in [1.807, 2.05) is 0 Å². The van der Waals surface area contributed by atoms with Crippen LogP contribution in [0.1, 0.15) is 38.3 Å². The third-order valence-electron chi connectivity index (χ3n) is 4.27. The van der Waals surface area contributed by atoms with Gasteiger partial charge in [-0.3, -0.25) is 0 Å². The number of rotatable bonds is 2. The van der Waals surface area contributed by atoms with Crippen LogP contribution >= 0.6 is 0 Å². The normalized spacial score (nSPS) is 20.5. The summed E-state index contributed by atoms with van der Waals surface area (Å²) in [6.45, 7) is 11.5. The molecule has 0 aliphatic carbocycles. The van der Waals surface area contributed by atoms with Crippen LogP contribution in [0.25, 0.3) is 0 Å². The summed E-state index contributed by atoms with van der Waals surface area (Å²) >= 11 is 0. The second-order valence-corrected chi connectivity index (χ2v) is 6.57. The minimum atomic E-state index is 0.136. The second-order valence-electron chi connectivity index (χ2n) is 6.57. The van der Waals surface area contributed by atoms with E-state index < -0.39 is 0 Å². The Hall–Kier alpha value is -1.02. The van der Waals surface area contributed by atoms with Crippen molar-refractivity contribution in [3.8, 4) is 0 Å². The third-order valence-corrected chi connectivity index (χ3v) is 4.27. The molecule has 1 atom stereocenters. The van der Waals surface area contributed by atoms with Crippen molar-refractivity contribution >= 4 is 5.69 Å². The van der Waals surface area contributed by atoms with Crippen LogP contribution < -0.4 is 4.90 Å². The Balaban J connectivity index is 2.12. The zero-order valence-corrected chi connectivity index (χ0v) is 12.0. The lowest BCUT2D eigenvalue weighted by Gasteiger charge is -2.27. The molecule has 1 unspecified atom stereocenters. The number of hydrogen-bond donors (Lipinski definition) is 1. The van der Waals surface area contributed by atoms with E-state index >= 15 is 0 Å². The summed E-state index contributed by atoms with van der Waals surface area (Å²) in [6.07, 6.45) is 1.28. The van der Waals surface area contributed by atoms with Crippen molar-refractivity contribution < 1.29 is 5.11 Å². The number of aryl methyl sites for hydroxylation is 1. The van der Waals surface area contributed by atoms with Crippen LogP contribution in [-0.4, -0.2) is 18.2 Å². The van der Waals surface area contributed by atoms with Crippen LogP contribution in [0.2, 0.25) is 0 Å². The monoisotopic (exact) mass is 247 g/mol. The molecule has 0 bridgehead atoms. The summed E-state index contributed by atoms with van der Waals surface area (Å²) < 4.78 is 0. The minimum Gasteiger partial charge on any atom is -0.392 e. The van der Waals surface area contributed by atoms with Gasteiger partial charge in [0.05, 0.1) is 6.61 Å². The Morgan fingerprint density at radius 1 is 1.33 bits per heavy atom. The molecule has 1 aliphatic heterocycles. The molecule has 1 N–H and O–H groups in total. The molecule has 2 heteroatoms. The van der Waals surface area contributed by atoms with Gasteiger partial charge in [0, 0.05) is 18.8 Å². The van der Waals surface area contributed by atoms with Crippen molar-refractivity contribution in [1.29, 1.82) is 0 Å². The zero-order valence-electron chi connectivity index (χ0n) is 12.0. The highest BCUT2D eigenvalue weighted by Crippen LogP contribution is 2.35. The Labute approximate surface area is 111 Å². The Kier molecular flexibility index (Phi) is 3.67. The molecule has 0 spiro atoms. The molecule has 0 saturated carbocycles. The number of aliphatic hydroxyl groups is 1. The van der Waals surface area contributed by atoms with Gasteiger partial charge in [0.1, 0.15) is 0 Å². The van der Waals surface area contributed by atoms with Crippen LogP contribution in [-0.2, 0) is 6.61 Å². The van der Waals surface area contributed by atoms with Gasteiger partial charge < -0.3 is 10.0 Å². The maximum atomic E-state index is 9.21. The summed E-state index contributed by atoms with van der Waals surface area (Å²) in [5.41, 5.74) is 3.92. The van der Waals surface area contributed by atoms with Gasteiger partial charge in [0.15, 0.2) is 0 Å². The Bertz CT molecular complexity index is 420. The van der Waals surface area contributed by atoms with Crippen molar-refractivity contribution in [2.75, 3.05) is 18.0 Å². The molecular formula is C16H25NO. The lowest BCUT2D eigenvalue weighted by Crippen LogP contribution is -2.25. The second kappa shape index (κ2) is 4.93. The molecule has 1 aliphatic rings. The highest BCUT2D eigenvalue weighted by molar-refractivity contribution is 5.51. The first-order valence-corrected chi connectivity index (χ1v) is 6.87. The fourth-order valence-corrected chi connectivity index (χ4v) is 2.76. The van der Waals surface area contributed by atoms with Crippen molar-refractivity contribution in [2.24, 2.45) is 11.3 Å². The molecule has 0 radical (unpaired) electrons. The molecule has 1 fully saturated rings.